The number of benzene rings is 1. The third-order valence-corrected chi connectivity index (χ3v) is 5.76. The van der Waals surface area contributed by atoms with Crippen molar-refractivity contribution in [2.45, 2.75) is 18.4 Å². The van der Waals surface area contributed by atoms with Crippen molar-refractivity contribution in [1.29, 1.82) is 5.26 Å². The summed E-state index contributed by atoms with van der Waals surface area (Å²) < 4.78 is 0. The Morgan fingerprint density at radius 1 is 1.15 bits per heavy atom. The molecule has 27 heavy (non-hydrogen) atoms. The quantitative estimate of drug-likeness (QED) is 0.765. The Hall–Kier alpha value is -3.33. The van der Waals surface area contributed by atoms with Gasteiger partial charge in [-0.05, 0) is 49.2 Å². The molecular formula is C21H19N5O. The third-order valence-electron chi connectivity index (χ3n) is 5.76. The van der Waals surface area contributed by atoms with Crippen molar-refractivity contribution in [2.24, 2.45) is 0 Å². The lowest BCUT2D eigenvalue weighted by Gasteiger charge is -2.43. The van der Waals surface area contributed by atoms with Gasteiger partial charge in [0.1, 0.15) is 5.65 Å². The number of amides is 1. The van der Waals surface area contributed by atoms with Crippen molar-refractivity contribution in [3.05, 3.63) is 59.9 Å². The molecule has 1 saturated heterocycles. The van der Waals surface area contributed by atoms with E-state index in [0.717, 1.165) is 37.0 Å². The molecule has 1 saturated carbocycles. The van der Waals surface area contributed by atoms with Crippen LogP contribution in [0.25, 0.3) is 11.0 Å². The molecule has 2 aromatic heterocycles. The van der Waals surface area contributed by atoms with Crippen LogP contribution >= 0.6 is 0 Å². The van der Waals surface area contributed by atoms with Crippen molar-refractivity contribution < 1.29 is 4.79 Å². The highest BCUT2D eigenvalue weighted by Crippen LogP contribution is 2.46. The molecule has 0 unspecified atom stereocenters. The van der Waals surface area contributed by atoms with Gasteiger partial charge in [0.15, 0.2) is 0 Å². The average Bonchev–Trinajstić information content (AvgIpc) is 3.29. The smallest absolute Gasteiger partial charge is 0.254 e. The lowest BCUT2D eigenvalue weighted by molar-refractivity contribution is 0.0625. The molecule has 3 aromatic rings. The Labute approximate surface area is 157 Å². The van der Waals surface area contributed by atoms with E-state index in [4.69, 9.17) is 5.26 Å². The molecule has 1 aromatic carbocycles. The van der Waals surface area contributed by atoms with Gasteiger partial charge in [-0.1, -0.05) is 0 Å². The summed E-state index contributed by atoms with van der Waals surface area (Å²) in [5, 5.41) is 10.1. The molecular weight excluding hydrogens is 338 g/mol. The number of nitriles is 1. The van der Waals surface area contributed by atoms with E-state index < -0.39 is 0 Å². The number of nitrogens with one attached hydrogen (secondary N) is 1. The van der Waals surface area contributed by atoms with Crippen LogP contribution in [0, 0.1) is 11.3 Å². The van der Waals surface area contributed by atoms with Gasteiger partial charge < -0.3 is 14.8 Å². The summed E-state index contributed by atoms with van der Waals surface area (Å²) in [6, 6.07) is 13.2. The van der Waals surface area contributed by atoms with Gasteiger partial charge in [0, 0.05) is 48.7 Å². The molecule has 2 aliphatic rings. The van der Waals surface area contributed by atoms with E-state index in [1.807, 2.05) is 17.3 Å². The van der Waals surface area contributed by atoms with Crippen LogP contribution in [0.1, 0.15) is 28.8 Å². The third kappa shape index (κ3) is 2.55. The molecule has 0 bridgehead atoms. The first-order chi connectivity index (χ1) is 13.2. The standard InChI is InChI=1S/C21H19N5O/c22-13-15-1-3-16(4-2-15)20(27)26-12-11-25(14-21(26)7-8-21)18-6-10-24-19-17(18)5-9-23-19/h1-6,9-10H,7-8,11-12,14H2,(H,23,24). The van der Waals surface area contributed by atoms with Crippen LogP contribution in [0.5, 0.6) is 0 Å². The lowest BCUT2D eigenvalue weighted by atomic mass is 10.1. The molecule has 1 amide bonds. The van der Waals surface area contributed by atoms with Crippen LogP contribution in [0.2, 0.25) is 0 Å². The molecule has 5 rings (SSSR count). The number of piperazine rings is 1. The van der Waals surface area contributed by atoms with Gasteiger partial charge in [-0.2, -0.15) is 5.26 Å². The molecule has 1 aliphatic carbocycles. The Kier molecular flexibility index (Phi) is 3.44. The Balaban J connectivity index is 1.40. The molecule has 2 fully saturated rings. The summed E-state index contributed by atoms with van der Waals surface area (Å²) in [5.41, 5.74) is 3.23. The fourth-order valence-electron chi connectivity index (χ4n) is 4.14. The minimum absolute atomic E-state index is 0.0677. The normalized spacial score (nSPS) is 17.9. The first-order valence-electron chi connectivity index (χ1n) is 9.19. The highest BCUT2D eigenvalue weighted by molar-refractivity contribution is 5.96. The second-order valence-electron chi connectivity index (χ2n) is 7.36. The zero-order chi connectivity index (χ0) is 18.4. The van der Waals surface area contributed by atoms with E-state index >= 15 is 0 Å². The van der Waals surface area contributed by atoms with Crippen LogP contribution in [-0.2, 0) is 0 Å². The molecule has 6 nitrogen and oxygen atoms in total. The summed E-state index contributed by atoms with van der Waals surface area (Å²) >= 11 is 0. The van der Waals surface area contributed by atoms with Crippen LogP contribution in [0.3, 0.4) is 0 Å². The first-order valence-corrected chi connectivity index (χ1v) is 9.19. The number of hydrogen-bond donors (Lipinski definition) is 1. The predicted octanol–water partition coefficient (Wildman–Crippen LogP) is 2.93. The zero-order valence-corrected chi connectivity index (χ0v) is 14.9. The second-order valence-corrected chi connectivity index (χ2v) is 7.36. The second kappa shape index (κ2) is 5.85. The maximum Gasteiger partial charge on any atom is 0.254 e. The van der Waals surface area contributed by atoms with Crippen molar-refractivity contribution >= 4 is 22.6 Å². The topological polar surface area (TPSA) is 76.0 Å². The van der Waals surface area contributed by atoms with Gasteiger partial charge >= 0.3 is 0 Å². The van der Waals surface area contributed by atoms with Crippen molar-refractivity contribution in [1.82, 2.24) is 14.9 Å². The monoisotopic (exact) mass is 357 g/mol. The Morgan fingerprint density at radius 3 is 2.70 bits per heavy atom. The lowest BCUT2D eigenvalue weighted by Crippen LogP contribution is -2.57. The molecule has 0 atom stereocenters. The summed E-state index contributed by atoms with van der Waals surface area (Å²) in [6.07, 6.45) is 5.82. The maximum atomic E-state index is 13.1. The van der Waals surface area contributed by atoms with Gasteiger partial charge in [-0.15, -0.1) is 0 Å². The van der Waals surface area contributed by atoms with Gasteiger partial charge in [-0.3, -0.25) is 4.79 Å². The van der Waals surface area contributed by atoms with Crippen LogP contribution in [0.4, 0.5) is 5.69 Å². The molecule has 3 heterocycles. The van der Waals surface area contributed by atoms with Gasteiger partial charge in [0.25, 0.3) is 5.91 Å². The van der Waals surface area contributed by atoms with Crippen LogP contribution in [0.15, 0.2) is 48.8 Å². The molecule has 1 aliphatic heterocycles. The summed E-state index contributed by atoms with van der Waals surface area (Å²) in [7, 11) is 0. The van der Waals surface area contributed by atoms with Crippen molar-refractivity contribution in [2.75, 3.05) is 24.5 Å². The number of carbonyl (C=O) groups is 1. The van der Waals surface area contributed by atoms with E-state index in [1.54, 1.807) is 24.3 Å². The van der Waals surface area contributed by atoms with E-state index in [0.29, 0.717) is 17.7 Å². The predicted molar refractivity (Wildman–Crippen MR) is 102 cm³/mol. The average molecular weight is 357 g/mol. The van der Waals surface area contributed by atoms with Gasteiger partial charge in [0.05, 0.1) is 17.2 Å². The van der Waals surface area contributed by atoms with E-state index in [-0.39, 0.29) is 11.4 Å². The minimum atomic E-state index is -0.0743. The summed E-state index contributed by atoms with van der Waals surface area (Å²) in [6.45, 7) is 2.35. The molecule has 1 N–H and O–H groups in total. The number of fused-ring (bicyclic) bond motifs is 1. The SMILES string of the molecule is N#Cc1ccc(C(=O)N2CCN(c3ccnc4[nH]ccc34)CC23CC3)cc1. The maximum absolute atomic E-state index is 13.1. The largest absolute Gasteiger partial charge is 0.367 e. The van der Waals surface area contributed by atoms with E-state index in [9.17, 15) is 4.79 Å². The van der Waals surface area contributed by atoms with Crippen LogP contribution < -0.4 is 4.90 Å². The fourth-order valence-corrected chi connectivity index (χ4v) is 4.14. The Bertz CT molecular complexity index is 1060. The van der Waals surface area contributed by atoms with Gasteiger partial charge in [0.2, 0.25) is 0 Å². The summed E-state index contributed by atoms with van der Waals surface area (Å²) in [4.78, 5) is 25.0. The van der Waals surface area contributed by atoms with Crippen molar-refractivity contribution in [3.8, 4) is 6.07 Å². The van der Waals surface area contributed by atoms with Gasteiger partial charge in [-0.25, -0.2) is 4.98 Å². The molecule has 1 spiro atoms. The Morgan fingerprint density at radius 2 is 1.96 bits per heavy atom. The first kappa shape index (κ1) is 15.9. The molecule has 6 heteroatoms. The zero-order valence-electron chi connectivity index (χ0n) is 14.9. The fraction of sp³-hybridized carbons (Fsp3) is 0.286. The number of nitrogens with zero attached hydrogens (tertiary/aromatic N) is 4. The van der Waals surface area contributed by atoms with Crippen LogP contribution in [-0.4, -0.2) is 45.9 Å². The highest BCUT2D eigenvalue weighted by Gasteiger charge is 2.53. The molecule has 0 radical (unpaired) electrons. The van der Waals surface area contributed by atoms with Crippen molar-refractivity contribution in [3.63, 3.8) is 0 Å². The highest BCUT2D eigenvalue weighted by atomic mass is 16.2. The number of carbonyl (C=O) groups excluding carboxylic acids is 1. The number of aromatic amines is 1. The number of aromatic nitrogens is 2. The van der Waals surface area contributed by atoms with E-state index in [1.165, 1.54) is 5.69 Å². The number of anilines is 1. The number of H-pyrrole nitrogens is 1. The molecule has 134 valence electrons. The number of pyridine rings is 1. The number of rotatable bonds is 2. The minimum Gasteiger partial charge on any atom is -0.367 e. The van der Waals surface area contributed by atoms with E-state index in [2.05, 4.69) is 33.1 Å². The number of hydrogen-bond acceptors (Lipinski definition) is 4. The summed E-state index contributed by atoms with van der Waals surface area (Å²) in [5.74, 6) is 0.0677.